The van der Waals surface area contributed by atoms with Crippen LogP contribution in [0.3, 0.4) is 0 Å². The van der Waals surface area contributed by atoms with Crippen molar-refractivity contribution in [2.75, 3.05) is 32.4 Å². The highest BCUT2D eigenvalue weighted by molar-refractivity contribution is 7.84. The average molecular weight is 367 g/mol. The number of hydrogen-bond acceptors (Lipinski definition) is 3. The van der Waals surface area contributed by atoms with E-state index in [-0.39, 0.29) is 0 Å². The normalized spacial score (nSPS) is 13.5. The molecular formula is C19H34N4OS. The van der Waals surface area contributed by atoms with Gasteiger partial charge in [-0.15, -0.1) is 0 Å². The molecule has 0 spiro atoms. The molecule has 0 bridgehead atoms. The van der Waals surface area contributed by atoms with Crippen molar-refractivity contribution in [2.45, 2.75) is 45.5 Å². The van der Waals surface area contributed by atoms with Crippen LogP contribution in [0.4, 0.5) is 0 Å². The predicted octanol–water partition coefficient (Wildman–Crippen LogP) is 2.22. The van der Waals surface area contributed by atoms with Crippen molar-refractivity contribution in [1.29, 1.82) is 0 Å². The average Bonchev–Trinajstić information content (AvgIpc) is 2.57. The van der Waals surface area contributed by atoms with Crippen molar-refractivity contribution in [3.05, 3.63) is 35.9 Å². The smallest absolute Gasteiger partial charge is 0.191 e. The lowest BCUT2D eigenvalue weighted by Crippen LogP contribution is -2.45. The van der Waals surface area contributed by atoms with E-state index in [0.29, 0.717) is 30.1 Å². The summed E-state index contributed by atoms with van der Waals surface area (Å²) >= 11 is 0. The molecule has 1 rings (SSSR count). The quantitative estimate of drug-likeness (QED) is 0.492. The third-order valence-corrected chi connectivity index (χ3v) is 5.32. The molecule has 0 amide bonds. The van der Waals surface area contributed by atoms with Crippen LogP contribution in [0.25, 0.3) is 0 Å². The zero-order valence-electron chi connectivity index (χ0n) is 16.3. The van der Waals surface area contributed by atoms with E-state index in [1.165, 1.54) is 0 Å². The molecule has 0 heterocycles. The molecule has 6 heteroatoms. The monoisotopic (exact) mass is 366 g/mol. The van der Waals surface area contributed by atoms with Crippen LogP contribution in [0.1, 0.15) is 33.3 Å². The predicted molar refractivity (Wildman–Crippen MR) is 109 cm³/mol. The molecule has 0 aliphatic carbocycles. The van der Waals surface area contributed by atoms with Gasteiger partial charge in [-0.3, -0.25) is 14.1 Å². The van der Waals surface area contributed by atoms with E-state index >= 15 is 0 Å². The molecule has 25 heavy (non-hydrogen) atoms. The maximum Gasteiger partial charge on any atom is 0.191 e. The summed E-state index contributed by atoms with van der Waals surface area (Å²) in [5, 5.41) is 6.58. The van der Waals surface area contributed by atoms with E-state index in [1.807, 2.05) is 30.3 Å². The second-order valence-corrected chi connectivity index (χ2v) is 8.20. The Morgan fingerprint density at radius 2 is 1.68 bits per heavy atom. The van der Waals surface area contributed by atoms with Gasteiger partial charge in [0, 0.05) is 61.1 Å². The van der Waals surface area contributed by atoms with Gasteiger partial charge in [-0.25, -0.2) is 0 Å². The minimum atomic E-state index is -0.868. The first-order valence-electron chi connectivity index (χ1n) is 9.03. The summed E-state index contributed by atoms with van der Waals surface area (Å²) in [5.41, 5.74) is 1.12. The lowest BCUT2D eigenvalue weighted by Gasteiger charge is -2.30. The lowest BCUT2D eigenvalue weighted by atomic mass is 10.2. The van der Waals surface area contributed by atoms with E-state index in [4.69, 9.17) is 0 Å². The van der Waals surface area contributed by atoms with E-state index < -0.39 is 10.8 Å². The minimum absolute atomic E-state index is 0.525. The molecule has 2 N–H and O–H groups in total. The highest BCUT2D eigenvalue weighted by Crippen LogP contribution is 2.03. The van der Waals surface area contributed by atoms with Gasteiger partial charge in [0.15, 0.2) is 5.96 Å². The summed E-state index contributed by atoms with van der Waals surface area (Å²) in [6.45, 7) is 11.3. The van der Waals surface area contributed by atoms with Crippen LogP contribution < -0.4 is 10.6 Å². The molecule has 0 aliphatic rings. The van der Waals surface area contributed by atoms with Gasteiger partial charge in [-0.2, -0.15) is 0 Å². The van der Waals surface area contributed by atoms with Crippen molar-refractivity contribution in [3.8, 4) is 0 Å². The van der Waals surface area contributed by atoms with Crippen molar-refractivity contribution < 1.29 is 4.21 Å². The Morgan fingerprint density at radius 1 is 1.08 bits per heavy atom. The van der Waals surface area contributed by atoms with E-state index in [9.17, 15) is 4.21 Å². The van der Waals surface area contributed by atoms with Crippen LogP contribution in [0, 0.1) is 0 Å². The Kier molecular flexibility index (Phi) is 10.4. The molecule has 0 aromatic heterocycles. The largest absolute Gasteiger partial charge is 0.355 e. The van der Waals surface area contributed by atoms with E-state index in [1.54, 1.807) is 7.05 Å². The van der Waals surface area contributed by atoms with Crippen LogP contribution in [0.15, 0.2) is 35.3 Å². The molecule has 1 unspecified atom stereocenters. The lowest BCUT2D eigenvalue weighted by molar-refractivity contribution is 0.178. The SMILES string of the molecule is CN=C(NCCN(C(C)C)C(C)C)NCCS(=O)Cc1ccccc1. The Hall–Kier alpha value is -1.40. The van der Waals surface area contributed by atoms with Gasteiger partial charge >= 0.3 is 0 Å². The molecule has 1 atom stereocenters. The third kappa shape index (κ3) is 9.02. The number of nitrogens with zero attached hydrogens (tertiary/aromatic N) is 2. The maximum absolute atomic E-state index is 12.1. The number of hydrogen-bond donors (Lipinski definition) is 2. The zero-order chi connectivity index (χ0) is 18.7. The Morgan fingerprint density at radius 3 is 2.24 bits per heavy atom. The second-order valence-electron chi connectivity index (χ2n) is 6.62. The van der Waals surface area contributed by atoms with Gasteiger partial charge in [0.05, 0.1) is 0 Å². The topological polar surface area (TPSA) is 56.7 Å². The van der Waals surface area contributed by atoms with Crippen molar-refractivity contribution in [3.63, 3.8) is 0 Å². The highest BCUT2D eigenvalue weighted by atomic mass is 32.2. The standard InChI is InChI=1S/C19H34N4OS/c1-16(2)23(17(3)4)13-11-21-19(20-5)22-12-14-25(24)15-18-9-7-6-8-10-18/h6-10,16-17H,11-15H2,1-5H3,(H2,20,21,22). The summed E-state index contributed by atoms with van der Waals surface area (Å²) in [6.07, 6.45) is 0. The molecule has 1 aromatic rings. The van der Waals surface area contributed by atoms with Gasteiger partial charge < -0.3 is 10.6 Å². The Bertz CT molecular complexity index is 523. The molecule has 0 saturated heterocycles. The molecular weight excluding hydrogens is 332 g/mol. The summed E-state index contributed by atoms with van der Waals surface area (Å²) in [7, 11) is 0.894. The van der Waals surface area contributed by atoms with Crippen LogP contribution in [0.5, 0.6) is 0 Å². The number of rotatable bonds is 10. The van der Waals surface area contributed by atoms with Gasteiger partial charge in [0.25, 0.3) is 0 Å². The summed E-state index contributed by atoms with van der Waals surface area (Å²) in [4.78, 5) is 6.67. The fourth-order valence-electron chi connectivity index (χ4n) is 2.75. The molecule has 0 radical (unpaired) electrons. The van der Waals surface area contributed by atoms with Gasteiger partial charge in [-0.05, 0) is 33.3 Å². The van der Waals surface area contributed by atoms with E-state index in [2.05, 4.69) is 48.2 Å². The Labute approximate surface area is 155 Å². The molecule has 1 aromatic carbocycles. The van der Waals surface area contributed by atoms with Crippen LogP contribution in [0.2, 0.25) is 0 Å². The fourth-order valence-corrected chi connectivity index (χ4v) is 3.79. The molecule has 0 fully saturated rings. The van der Waals surface area contributed by atoms with Crippen LogP contribution >= 0.6 is 0 Å². The Balaban J connectivity index is 2.26. The highest BCUT2D eigenvalue weighted by Gasteiger charge is 2.12. The molecule has 142 valence electrons. The number of aliphatic imine (C=N–C) groups is 1. The maximum atomic E-state index is 12.1. The number of guanidine groups is 1. The van der Waals surface area contributed by atoms with Crippen LogP contribution in [-0.4, -0.2) is 59.6 Å². The first kappa shape index (κ1) is 21.6. The van der Waals surface area contributed by atoms with Crippen LogP contribution in [-0.2, 0) is 16.6 Å². The summed E-state index contributed by atoms with van der Waals surface area (Å²) in [5.74, 6) is 1.98. The van der Waals surface area contributed by atoms with Crippen molar-refractivity contribution in [2.24, 2.45) is 4.99 Å². The van der Waals surface area contributed by atoms with Gasteiger partial charge in [-0.1, -0.05) is 30.3 Å². The van der Waals surface area contributed by atoms with Crippen molar-refractivity contribution in [1.82, 2.24) is 15.5 Å². The van der Waals surface area contributed by atoms with E-state index in [0.717, 1.165) is 24.6 Å². The number of benzene rings is 1. The molecule has 0 aliphatic heterocycles. The fraction of sp³-hybridized carbons (Fsp3) is 0.632. The number of nitrogens with one attached hydrogen (secondary N) is 2. The minimum Gasteiger partial charge on any atom is -0.355 e. The first-order valence-corrected chi connectivity index (χ1v) is 10.5. The molecule has 0 saturated carbocycles. The van der Waals surface area contributed by atoms with Gasteiger partial charge in [0.2, 0.25) is 0 Å². The second kappa shape index (κ2) is 12.0. The van der Waals surface area contributed by atoms with Gasteiger partial charge in [0.1, 0.15) is 0 Å². The molecule has 5 nitrogen and oxygen atoms in total. The zero-order valence-corrected chi connectivity index (χ0v) is 17.1. The summed E-state index contributed by atoms with van der Waals surface area (Å²) < 4.78 is 12.1. The van der Waals surface area contributed by atoms with Crippen molar-refractivity contribution >= 4 is 16.8 Å². The summed E-state index contributed by atoms with van der Waals surface area (Å²) in [6, 6.07) is 11.0. The third-order valence-electron chi connectivity index (χ3n) is 4.01. The first-order chi connectivity index (χ1) is 11.9.